The predicted molar refractivity (Wildman–Crippen MR) is 123 cm³/mol. The summed E-state index contributed by atoms with van der Waals surface area (Å²) >= 11 is 4.70. The van der Waals surface area contributed by atoms with Gasteiger partial charge in [0.25, 0.3) is 5.91 Å². The maximum absolute atomic E-state index is 13.1. The fourth-order valence-electron chi connectivity index (χ4n) is 3.39. The summed E-state index contributed by atoms with van der Waals surface area (Å²) in [5, 5.41) is 11.1. The molecule has 9 heteroatoms. The number of rotatable bonds is 6. The van der Waals surface area contributed by atoms with Gasteiger partial charge in [0.15, 0.2) is 5.16 Å². The summed E-state index contributed by atoms with van der Waals surface area (Å²) in [5.41, 5.74) is 2.71. The minimum atomic E-state index is -0.0462. The second-order valence-electron chi connectivity index (χ2n) is 6.71. The molecule has 4 heterocycles. The van der Waals surface area contributed by atoms with E-state index in [0.717, 1.165) is 38.7 Å². The number of benzene rings is 1. The van der Waals surface area contributed by atoms with Gasteiger partial charge in [-0.15, -0.1) is 22.7 Å². The lowest BCUT2D eigenvalue weighted by Crippen LogP contribution is -2.28. The van der Waals surface area contributed by atoms with Crippen molar-refractivity contribution in [1.29, 1.82) is 0 Å². The van der Waals surface area contributed by atoms with Crippen LogP contribution >= 0.6 is 34.4 Å². The first-order valence-electron chi connectivity index (χ1n) is 9.34. The molecular weight excluding hydrogens is 436 g/mol. The molecule has 1 aliphatic rings. The molecule has 1 amide bonds. The number of carbonyl (C=O) groups excluding carboxylic acids is 1. The molecule has 0 radical (unpaired) electrons. The number of methoxy groups -OCH3 is 1. The highest BCUT2D eigenvalue weighted by molar-refractivity contribution is 7.99. The molecule has 0 unspecified atom stereocenters. The summed E-state index contributed by atoms with van der Waals surface area (Å²) in [7, 11) is 1.64. The van der Waals surface area contributed by atoms with Crippen molar-refractivity contribution in [2.75, 3.05) is 12.9 Å². The highest BCUT2D eigenvalue weighted by Gasteiger charge is 2.34. The van der Waals surface area contributed by atoms with Crippen molar-refractivity contribution in [3.8, 4) is 5.75 Å². The number of H-pyrrole nitrogens is 1. The zero-order valence-electron chi connectivity index (χ0n) is 16.1. The molecule has 6 nitrogen and oxygen atoms in total. The number of ether oxygens (including phenoxy) is 1. The average Bonchev–Trinajstić information content (AvgIpc) is 3.55. The Balaban J connectivity index is 1.34. The van der Waals surface area contributed by atoms with Gasteiger partial charge in [0, 0.05) is 17.4 Å². The summed E-state index contributed by atoms with van der Waals surface area (Å²) in [4.78, 5) is 23.2. The van der Waals surface area contributed by atoms with Crippen LogP contribution in [-0.2, 0) is 4.79 Å². The standard InChI is InChI=1S/C21H18N4O2S3/c1-27-13-6-7-14-15(10-13)23-21(22-14)30-12-20(26)25-17(19-5-3-9-29-19)11-16(24-25)18-4-2-8-28-18/h2-10,17H,11-12H2,1H3,(H,22,23)/t17-/m1/s1. The zero-order chi connectivity index (χ0) is 20.5. The van der Waals surface area contributed by atoms with Crippen LogP contribution in [-0.4, -0.2) is 39.5 Å². The molecule has 1 N–H and O–H groups in total. The van der Waals surface area contributed by atoms with Crippen molar-refractivity contribution in [3.05, 3.63) is 63.0 Å². The number of carbonyl (C=O) groups is 1. The van der Waals surface area contributed by atoms with Gasteiger partial charge in [0.05, 0.1) is 40.5 Å². The van der Waals surface area contributed by atoms with Crippen LogP contribution < -0.4 is 4.74 Å². The molecule has 152 valence electrons. The SMILES string of the molecule is COc1ccc2nc(SCC(=O)N3N=C(c4cccs4)C[C@@H]3c3cccs3)[nH]c2c1. The maximum atomic E-state index is 13.1. The molecule has 4 aromatic rings. The molecule has 1 aromatic carbocycles. The van der Waals surface area contributed by atoms with Crippen molar-refractivity contribution in [2.24, 2.45) is 5.10 Å². The first-order valence-corrected chi connectivity index (χ1v) is 12.1. The second-order valence-corrected chi connectivity index (χ2v) is 9.60. The van der Waals surface area contributed by atoms with Crippen LogP contribution in [0.2, 0.25) is 0 Å². The topological polar surface area (TPSA) is 70.6 Å². The average molecular weight is 455 g/mol. The Morgan fingerprint density at radius 2 is 2.13 bits per heavy atom. The first kappa shape index (κ1) is 19.3. The van der Waals surface area contributed by atoms with E-state index in [1.54, 1.807) is 34.8 Å². The molecule has 1 aliphatic heterocycles. The van der Waals surface area contributed by atoms with Crippen LogP contribution in [0.5, 0.6) is 5.75 Å². The van der Waals surface area contributed by atoms with Gasteiger partial charge >= 0.3 is 0 Å². The van der Waals surface area contributed by atoms with Crippen LogP contribution in [0.15, 0.2) is 63.5 Å². The van der Waals surface area contributed by atoms with E-state index in [4.69, 9.17) is 9.84 Å². The molecule has 0 saturated carbocycles. The monoisotopic (exact) mass is 454 g/mol. The Kier molecular flexibility index (Phi) is 5.32. The number of aromatic amines is 1. The number of amides is 1. The number of hydrazone groups is 1. The Labute approximate surface area is 185 Å². The van der Waals surface area contributed by atoms with Crippen molar-refractivity contribution in [3.63, 3.8) is 0 Å². The number of nitrogens with one attached hydrogen (secondary N) is 1. The summed E-state index contributed by atoms with van der Waals surface area (Å²) < 4.78 is 5.26. The Morgan fingerprint density at radius 3 is 2.90 bits per heavy atom. The molecule has 3 aromatic heterocycles. The zero-order valence-corrected chi connectivity index (χ0v) is 18.5. The first-order chi connectivity index (χ1) is 14.7. The molecule has 1 atom stereocenters. The number of imidazole rings is 1. The van der Waals surface area contributed by atoms with Crippen LogP contribution in [0.25, 0.3) is 11.0 Å². The summed E-state index contributed by atoms with van der Waals surface area (Å²) in [5.74, 6) is 1.01. The fraction of sp³-hybridized carbons (Fsp3) is 0.190. The normalized spacial score (nSPS) is 16.2. The highest BCUT2D eigenvalue weighted by Crippen LogP contribution is 2.36. The van der Waals surface area contributed by atoms with Crippen LogP contribution in [0.4, 0.5) is 0 Å². The van der Waals surface area contributed by atoms with E-state index in [-0.39, 0.29) is 17.7 Å². The molecule has 30 heavy (non-hydrogen) atoms. The molecule has 0 bridgehead atoms. The highest BCUT2D eigenvalue weighted by atomic mass is 32.2. The molecule has 0 saturated heterocycles. The third-order valence-electron chi connectivity index (χ3n) is 4.84. The molecular formula is C21H18N4O2S3. The van der Waals surface area contributed by atoms with Gasteiger partial charge in [0.2, 0.25) is 0 Å². The smallest absolute Gasteiger partial charge is 0.253 e. The number of thiophene rings is 2. The second kappa shape index (κ2) is 8.25. The number of fused-ring (bicyclic) bond motifs is 1. The third-order valence-corrected chi connectivity index (χ3v) is 7.59. The third kappa shape index (κ3) is 3.76. The van der Waals surface area contributed by atoms with Crippen LogP contribution in [0.3, 0.4) is 0 Å². The van der Waals surface area contributed by atoms with E-state index in [1.807, 2.05) is 41.1 Å². The summed E-state index contributed by atoms with van der Waals surface area (Å²) in [6.07, 6.45) is 0.738. The largest absolute Gasteiger partial charge is 0.497 e. The molecule has 0 aliphatic carbocycles. The van der Waals surface area contributed by atoms with Gasteiger partial charge in [-0.3, -0.25) is 4.79 Å². The summed E-state index contributed by atoms with van der Waals surface area (Å²) in [6.45, 7) is 0. The number of nitrogens with zero attached hydrogens (tertiary/aromatic N) is 3. The van der Waals surface area contributed by atoms with E-state index in [0.29, 0.717) is 5.16 Å². The molecule has 0 spiro atoms. The van der Waals surface area contributed by atoms with E-state index >= 15 is 0 Å². The van der Waals surface area contributed by atoms with Crippen molar-refractivity contribution >= 4 is 57.1 Å². The Hall–Kier alpha value is -2.62. The van der Waals surface area contributed by atoms with Gasteiger partial charge < -0.3 is 9.72 Å². The number of thioether (sulfide) groups is 1. The fourth-order valence-corrected chi connectivity index (χ4v) is 5.66. The summed E-state index contributed by atoms with van der Waals surface area (Å²) in [6, 6.07) is 13.8. The number of hydrogen-bond acceptors (Lipinski definition) is 7. The lowest BCUT2D eigenvalue weighted by molar-refractivity contribution is -0.130. The quantitative estimate of drug-likeness (QED) is 0.408. The molecule has 0 fully saturated rings. The Morgan fingerprint density at radius 1 is 1.27 bits per heavy atom. The number of hydrogen-bond donors (Lipinski definition) is 1. The maximum Gasteiger partial charge on any atom is 0.253 e. The van der Waals surface area contributed by atoms with Gasteiger partial charge in [-0.05, 0) is 35.0 Å². The van der Waals surface area contributed by atoms with Crippen LogP contribution in [0, 0.1) is 0 Å². The van der Waals surface area contributed by atoms with Crippen molar-refractivity contribution in [1.82, 2.24) is 15.0 Å². The minimum absolute atomic E-state index is 0.0250. The predicted octanol–water partition coefficient (Wildman–Crippen LogP) is 5.16. The van der Waals surface area contributed by atoms with E-state index in [9.17, 15) is 4.79 Å². The van der Waals surface area contributed by atoms with E-state index in [2.05, 4.69) is 22.1 Å². The van der Waals surface area contributed by atoms with Gasteiger partial charge in [0.1, 0.15) is 5.75 Å². The lowest BCUT2D eigenvalue weighted by atomic mass is 10.1. The Bertz CT molecular complexity index is 1200. The van der Waals surface area contributed by atoms with E-state index < -0.39 is 0 Å². The number of aromatic nitrogens is 2. The van der Waals surface area contributed by atoms with E-state index in [1.165, 1.54) is 11.8 Å². The van der Waals surface area contributed by atoms with Gasteiger partial charge in [-0.25, -0.2) is 9.99 Å². The minimum Gasteiger partial charge on any atom is -0.497 e. The van der Waals surface area contributed by atoms with Crippen LogP contribution in [0.1, 0.15) is 22.2 Å². The van der Waals surface area contributed by atoms with Crippen molar-refractivity contribution < 1.29 is 9.53 Å². The lowest BCUT2D eigenvalue weighted by Gasteiger charge is -2.20. The van der Waals surface area contributed by atoms with Gasteiger partial charge in [-0.1, -0.05) is 23.9 Å². The van der Waals surface area contributed by atoms with Crippen molar-refractivity contribution in [2.45, 2.75) is 17.6 Å². The molecule has 5 rings (SSSR count). The van der Waals surface area contributed by atoms with Gasteiger partial charge in [-0.2, -0.15) is 5.10 Å².